The van der Waals surface area contributed by atoms with E-state index in [0.717, 1.165) is 17.0 Å². The summed E-state index contributed by atoms with van der Waals surface area (Å²) in [5.41, 5.74) is 7.00. The minimum atomic E-state index is -0.426. The minimum Gasteiger partial charge on any atom is -0.331 e. The van der Waals surface area contributed by atoms with Crippen LogP contribution in [0.5, 0.6) is 0 Å². The summed E-state index contributed by atoms with van der Waals surface area (Å²) in [6, 6.07) is 22.7. The largest absolute Gasteiger partial charge is 0.331 e. The van der Waals surface area contributed by atoms with Crippen LogP contribution < -0.4 is 10.9 Å². The van der Waals surface area contributed by atoms with Gasteiger partial charge in [-0.15, -0.1) is 0 Å². The zero-order valence-corrected chi connectivity index (χ0v) is 20.2. The number of benzene rings is 3. The van der Waals surface area contributed by atoms with Crippen LogP contribution in [0, 0.1) is 24.0 Å². The molecule has 0 fully saturated rings. The van der Waals surface area contributed by atoms with Gasteiger partial charge in [-0.3, -0.25) is 19.7 Å². The van der Waals surface area contributed by atoms with Crippen molar-refractivity contribution >= 4 is 39.6 Å². The zero-order valence-electron chi connectivity index (χ0n) is 20.2. The van der Waals surface area contributed by atoms with Crippen molar-refractivity contribution in [2.75, 3.05) is 0 Å². The van der Waals surface area contributed by atoms with Crippen LogP contribution >= 0.6 is 0 Å². The summed E-state index contributed by atoms with van der Waals surface area (Å²) in [4.78, 5) is 36.5. The maximum absolute atomic E-state index is 12.9. The molecule has 9 nitrogen and oxygen atoms in total. The third-order valence-electron chi connectivity index (χ3n) is 6.34. The number of nitro groups is 1. The predicted octanol–water partition coefficient (Wildman–Crippen LogP) is 4.62. The molecule has 1 amide bonds. The van der Waals surface area contributed by atoms with Gasteiger partial charge in [-0.25, -0.2) is 5.43 Å². The molecule has 0 aliphatic carbocycles. The molecule has 37 heavy (non-hydrogen) atoms. The molecule has 2 aromatic heterocycles. The van der Waals surface area contributed by atoms with Crippen molar-refractivity contribution in [1.29, 1.82) is 0 Å². The fourth-order valence-electron chi connectivity index (χ4n) is 4.66. The van der Waals surface area contributed by atoms with Crippen LogP contribution in [0.25, 0.3) is 27.5 Å². The van der Waals surface area contributed by atoms with Gasteiger partial charge in [0.2, 0.25) is 0 Å². The molecule has 184 valence electrons. The Morgan fingerprint density at radius 3 is 2.27 bits per heavy atom. The highest BCUT2D eigenvalue weighted by molar-refractivity contribution is 5.95. The Morgan fingerprint density at radius 2 is 1.62 bits per heavy atom. The van der Waals surface area contributed by atoms with E-state index in [4.69, 9.17) is 0 Å². The maximum atomic E-state index is 12.9. The molecule has 0 saturated carbocycles. The van der Waals surface area contributed by atoms with Crippen molar-refractivity contribution in [3.05, 3.63) is 116 Å². The monoisotopic (exact) mass is 493 g/mol. The summed E-state index contributed by atoms with van der Waals surface area (Å²) >= 11 is 0. The first-order valence-electron chi connectivity index (χ1n) is 11.6. The minimum absolute atomic E-state index is 0.00930. The number of carbonyl (C=O) groups excluding carboxylic acids is 1. The first-order valence-corrected chi connectivity index (χ1v) is 11.6. The summed E-state index contributed by atoms with van der Waals surface area (Å²) < 4.78 is 3.71. The van der Waals surface area contributed by atoms with E-state index in [1.165, 1.54) is 12.1 Å². The molecule has 1 N–H and O–H groups in total. The highest BCUT2D eigenvalue weighted by Gasteiger charge is 2.14. The Bertz CT molecular complexity index is 1720. The second-order valence-electron chi connectivity index (χ2n) is 8.68. The topological polar surface area (TPSA) is 112 Å². The van der Waals surface area contributed by atoms with E-state index in [1.54, 1.807) is 42.6 Å². The van der Waals surface area contributed by atoms with Gasteiger partial charge in [0.25, 0.3) is 11.6 Å². The van der Waals surface area contributed by atoms with E-state index >= 15 is 0 Å². The van der Waals surface area contributed by atoms with Crippen molar-refractivity contribution in [3.8, 4) is 5.69 Å². The molecule has 2 heterocycles. The fraction of sp³-hybridized carbons (Fsp3) is 0.107. The van der Waals surface area contributed by atoms with Gasteiger partial charge in [0.05, 0.1) is 27.9 Å². The smallest absolute Gasteiger partial charge is 0.271 e. The van der Waals surface area contributed by atoms with Crippen LogP contribution in [0.3, 0.4) is 0 Å². The molecular formula is C28H23N5O4. The molecule has 0 spiro atoms. The Morgan fingerprint density at radius 1 is 0.973 bits per heavy atom. The number of aryl methyl sites for hydroxylation is 1. The number of amides is 1. The molecule has 0 unspecified atom stereocenters. The number of fused-ring (bicyclic) bond motifs is 2. The van der Waals surface area contributed by atoms with E-state index in [1.807, 2.05) is 53.3 Å². The van der Waals surface area contributed by atoms with Gasteiger partial charge in [-0.1, -0.05) is 30.3 Å². The lowest BCUT2D eigenvalue weighted by atomic mass is 10.1. The van der Waals surface area contributed by atoms with Gasteiger partial charge in [0.15, 0.2) is 5.43 Å². The number of pyridine rings is 1. The molecule has 0 atom stereocenters. The van der Waals surface area contributed by atoms with Crippen molar-refractivity contribution in [3.63, 3.8) is 0 Å². The molecule has 0 aliphatic heterocycles. The van der Waals surface area contributed by atoms with Crippen molar-refractivity contribution in [1.82, 2.24) is 14.6 Å². The van der Waals surface area contributed by atoms with Crippen molar-refractivity contribution in [2.24, 2.45) is 5.10 Å². The lowest BCUT2D eigenvalue weighted by molar-refractivity contribution is -0.384. The number of hydrogen-bond acceptors (Lipinski definition) is 5. The van der Waals surface area contributed by atoms with E-state index in [-0.39, 0.29) is 23.6 Å². The number of aromatic nitrogens is 2. The Labute approximate surface area is 211 Å². The number of hydrazone groups is 1. The van der Waals surface area contributed by atoms with E-state index in [2.05, 4.69) is 10.5 Å². The number of hydrogen-bond donors (Lipinski definition) is 1. The highest BCUT2D eigenvalue weighted by atomic mass is 16.6. The maximum Gasteiger partial charge on any atom is 0.271 e. The number of carbonyl (C=O) groups is 1. The Kier molecular flexibility index (Phi) is 6.10. The molecule has 0 radical (unpaired) electrons. The summed E-state index contributed by atoms with van der Waals surface area (Å²) in [6.07, 6.45) is 1.55. The molecule has 9 heteroatoms. The average molecular weight is 494 g/mol. The van der Waals surface area contributed by atoms with Gasteiger partial charge in [-0.05, 0) is 50.2 Å². The Balaban J connectivity index is 1.40. The normalized spacial score (nSPS) is 11.4. The quantitative estimate of drug-likeness (QED) is 0.161. The van der Waals surface area contributed by atoms with E-state index in [0.29, 0.717) is 27.5 Å². The van der Waals surface area contributed by atoms with Gasteiger partial charge in [0, 0.05) is 39.9 Å². The summed E-state index contributed by atoms with van der Waals surface area (Å²) in [6.45, 7) is 3.76. The zero-order chi connectivity index (χ0) is 26.1. The second kappa shape index (κ2) is 9.54. The molecule has 5 rings (SSSR count). The highest BCUT2D eigenvalue weighted by Crippen LogP contribution is 2.23. The SMILES string of the molecule is Cc1cc(/C=N\NC(=O)Cn2c3ccccc3c(=O)c3ccccc32)c(C)n1-c1cccc([N+](=O)[O-])c1. The van der Waals surface area contributed by atoms with Crippen LogP contribution in [0.15, 0.2) is 88.8 Å². The number of nitro benzene ring substituents is 1. The van der Waals surface area contributed by atoms with Crippen molar-refractivity contribution < 1.29 is 9.72 Å². The lowest BCUT2D eigenvalue weighted by Crippen LogP contribution is -2.25. The third kappa shape index (κ3) is 4.38. The average Bonchev–Trinajstić information content (AvgIpc) is 3.19. The number of para-hydroxylation sites is 2. The summed E-state index contributed by atoms with van der Waals surface area (Å²) in [5.74, 6) is -0.345. The predicted molar refractivity (Wildman–Crippen MR) is 143 cm³/mol. The van der Waals surface area contributed by atoms with E-state index < -0.39 is 4.92 Å². The van der Waals surface area contributed by atoms with E-state index in [9.17, 15) is 19.7 Å². The van der Waals surface area contributed by atoms with Gasteiger partial charge in [0.1, 0.15) is 6.54 Å². The van der Waals surface area contributed by atoms with Gasteiger partial charge >= 0.3 is 0 Å². The molecule has 5 aromatic rings. The summed E-state index contributed by atoms with van der Waals surface area (Å²) in [5, 5.41) is 16.4. The molecule has 0 bridgehead atoms. The van der Waals surface area contributed by atoms with Crippen LogP contribution in [-0.2, 0) is 11.3 Å². The first kappa shape index (κ1) is 23.7. The van der Waals surface area contributed by atoms with Gasteiger partial charge in [-0.2, -0.15) is 5.10 Å². The second-order valence-corrected chi connectivity index (χ2v) is 8.68. The molecular weight excluding hydrogens is 470 g/mol. The fourth-order valence-corrected chi connectivity index (χ4v) is 4.66. The number of nitrogens with one attached hydrogen (secondary N) is 1. The van der Waals surface area contributed by atoms with Gasteiger partial charge < -0.3 is 9.13 Å². The first-order chi connectivity index (χ1) is 17.8. The van der Waals surface area contributed by atoms with Crippen LogP contribution in [0.2, 0.25) is 0 Å². The third-order valence-corrected chi connectivity index (χ3v) is 6.34. The van der Waals surface area contributed by atoms with Crippen LogP contribution in [0.4, 0.5) is 5.69 Å². The van der Waals surface area contributed by atoms with Crippen molar-refractivity contribution in [2.45, 2.75) is 20.4 Å². The van der Waals surface area contributed by atoms with Crippen LogP contribution in [0.1, 0.15) is 17.0 Å². The molecule has 0 aliphatic rings. The number of rotatable bonds is 6. The standard InChI is InChI=1S/C28H23N5O4/c1-18-14-20(19(2)32(18)21-8-7-9-22(15-21)33(36)37)16-29-30-27(34)17-31-25-12-5-3-10-23(25)28(35)24-11-4-6-13-26(24)31/h3-16H,17H2,1-2H3,(H,30,34)/b29-16-. The molecule has 3 aromatic carbocycles. The Hall–Kier alpha value is -5.05. The lowest BCUT2D eigenvalue weighted by Gasteiger charge is -2.14. The number of non-ortho nitro benzene ring substituents is 1. The summed E-state index contributed by atoms with van der Waals surface area (Å²) in [7, 11) is 0. The van der Waals surface area contributed by atoms with Crippen LogP contribution in [-0.4, -0.2) is 26.2 Å². The number of nitrogens with zero attached hydrogens (tertiary/aromatic N) is 4. The molecule has 0 saturated heterocycles.